The van der Waals surface area contributed by atoms with Crippen LogP contribution < -0.4 is 0 Å². The first-order valence-corrected chi connectivity index (χ1v) is 8.75. The quantitative estimate of drug-likeness (QED) is 0.652. The molecule has 2 aromatic carbocycles. The summed E-state index contributed by atoms with van der Waals surface area (Å²) in [5.74, 6) is 0. The SMILES string of the molecule is OC[C@H](CCn1cccn1)N(Cc1ccccc1)Cc1ccccc1. The van der Waals surface area contributed by atoms with E-state index in [1.165, 1.54) is 11.1 Å². The van der Waals surface area contributed by atoms with Crippen LogP contribution in [-0.2, 0) is 19.6 Å². The van der Waals surface area contributed by atoms with E-state index < -0.39 is 0 Å². The molecule has 0 fully saturated rings. The molecule has 0 saturated carbocycles. The van der Waals surface area contributed by atoms with Crippen LogP contribution in [0.4, 0.5) is 0 Å². The molecule has 4 heteroatoms. The minimum Gasteiger partial charge on any atom is -0.395 e. The molecular formula is C21H25N3O. The number of benzene rings is 2. The van der Waals surface area contributed by atoms with Gasteiger partial charge in [-0.25, -0.2) is 0 Å². The van der Waals surface area contributed by atoms with Gasteiger partial charge in [0, 0.05) is 38.1 Å². The van der Waals surface area contributed by atoms with Crippen LogP contribution in [0.3, 0.4) is 0 Å². The largest absolute Gasteiger partial charge is 0.395 e. The molecule has 1 atom stereocenters. The summed E-state index contributed by atoms with van der Waals surface area (Å²) in [5, 5.41) is 14.3. The van der Waals surface area contributed by atoms with Gasteiger partial charge in [0.15, 0.2) is 0 Å². The Morgan fingerprint density at radius 2 is 1.48 bits per heavy atom. The smallest absolute Gasteiger partial charge is 0.0587 e. The zero-order valence-electron chi connectivity index (χ0n) is 14.4. The third kappa shape index (κ3) is 5.28. The number of hydrogen-bond acceptors (Lipinski definition) is 3. The molecule has 0 amide bonds. The van der Waals surface area contributed by atoms with Crippen molar-refractivity contribution in [2.24, 2.45) is 0 Å². The molecule has 0 spiro atoms. The van der Waals surface area contributed by atoms with Gasteiger partial charge in [0.1, 0.15) is 0 Å². The Bertz CT molecular complexity index is 672. The van der Waals surface area contributed by atoms with E-state index in [4.69, 9.17) is 0 Å². The summed E-state index contributed by atoms with van der Waals surface area (Å²) in [6.07, 6.45) is 4.62. The molecule has 4 nitrogen and oxygen atoms in total. The number of hydrogen-bond donors (Lipinski definition) is 1. The average Bonchev–Trinajstić information content (AvgIpc) is 3.17. The highest BCUT2D eigenvalue weighted by Gasteiger charge is 2.18. The lowest BCUT2D eigenvalue weighted by Crippen LogP contribution is -2.38. The maximum atomic E-state index is 10.0. The van der Waals surface area contributed by atoms with Crippen LogP contribution in [0.15, 0.2) is 79.1 Å². The van der Waals surface area contributed by atoms with E-state index in [0.29, 0.717) is 0 Å². The lowest BCUT2D eigenvalue weighted by Gasteiger charge is -2.31. The van der Waals surface area contributed by atoms with E-state index in [1.807, 2.05) is 29.1 Å². The Morgan fingerprint density at radius 1 is 0.880 bits per heavy atom. The second-order valence-electron chi connectivity index (χ2n) is 6.27. The highest BCUT2D eigenvalue weighted by atomic mass is 16.3. The van der Waals surface area contributed by atoms with Crippen LogP contribution in [-0.4, -0.2) is 32.4 Å². The summed E-state index contributed by atoms with van der Waals surface area (Å²) in [6, 6.07) is 22.9. The average molecular weight is 335 g/mol. The normalized spacial score (nSPS) is 12.4. The molecule has 0 aliphatic heterocycles. The van der Waals surface area contributed by atoms with Crippen LogP contribution in [0, 0.1) is 0 Å². The monoisotopic (exact) mass is 335 g/mol. The fourth-order valence-electron chi connectivity index (χ4n) is 3.05. The summed E-state index contributed by atoms with van der Waals surface area (Å²) in [6.45, 7) is 2.58. The first-order chi connectivity index (χ1) is 12.3. The Kier molecular flexibility index (Phi) is 6.37. The van der Waals surface area contributed by atoms with Gasteiger partial charge in [0.25, 0.3) is 0 Å². The maximum Gasteiger partial charge on any atom is 0.0587 e. The Morgan fingerprint density at radius 3 is 1.96 bits per heavy atom. The van der Waals surface area contributed by atoms with Gasteiger partial charge in [0.2, 0.25) is 0 Å². The predicted octanol–water partition coefficient (Wildman–Crippen LogP) is 3.34. The maximum absolute atomic E-state index is 10.0. The number of aromatic nitrogens is 2. The van der Waals surface area contributed by atoms with Crippen molar-refractivity contribution in [1.29, 1.82) is 0 Å². The molecule has 1 aromatic heterocycles. The van der Waals surface area contributed by atoms with E-state index in [0.717, 1.165) is 26.1 Å². The molecule has 1 N–H and O–H groups in total. The number of aliphatic hydroxyl groups is 1. The van der Waals surface area contributed by atoms with Crippen molar-refractivity contribution in [3.63, 3.8) is 0 Å². The molecule has 3 aromatic rings. The predicted molar refractivity (Wildman–Crippen MR) is 99.8 cm³/mol. The van der Waals surface area contributed by atoms with Crippen LogP contribution in [0.1, 0.15) is 17.5 Å². The molecule has 0 aliphatic carbocycles. The molecule has 0 saturated heterocycles. The van der Waals surface area contributed by atoms with Gasteiger partial charge >= 0.3 is 0 Å². The van der Waals surface area contributed by atoms with Gasteiger partial charge in [-0.15, -0.1) is 0 Å². The number of aryl methyl sites for hydroxylation is 1. The molecule has 3 rings (SSSR count). The molecule has 25 heavy (non-hydrogen) atoms. The van der Waals surface area contributed by atoms with Gasteiger partial charge in [-0.2, -0.15) is 5.10 Å². The van der Waals surface area contributed by atoms with Gasteiger partial charge in [0.05, 0.1) is 6.61 Å². The van der Waals surface area contributed by atoms with Crippen molar-refractivity contribution in [2.75, 3.05) is 6.61 Å². The third-order valence-electron chi connectivity index (χ3n) is 4.43. The molecule has 1 heterocycles. The van der Waals surface area contributed by atoms with E-state index >= 15 is 0 Å². The molecule has 0 aliphatic rings. The molecule has 130 valence electrons. The minimum atomic E-state index is 0.0876. The van der Waals surface area contributed by atoms with Crippen molar-refractivity contribution in [3.05, 3.63) is 90.3 Å². The summed E-state index contributed by atoms with van der Waals surface area (Å²) >= 11 is 0. The fourth-order valence-corrected chi connectivity index (χ4v) is 3.05. The van der Waals surface area contributed by atoms with Crippen LogP contribution in [0.5, 0.6) is 0 Å². The summed E-state index contributed by atoms with van der Waals surface area (Å²) in [5.41, 5.74) is 2.52. The second-order valence-corrected chi connectivity index (χ2v) is 6.27. The fraction of sp³-hybridized carbons (Fsp3) is 0.286. The van der Waals surface area contributed by atoms with Crippen molar-refractivity contribution in [1.82, 2.24) is 14.7 Å². The second kappa shape index (κ2) is 9.16. The van der Waals surface area contributed by atoms with Gasteiger partial charge in [-0.05, 0) is 23.6 Å². The lowest BCUT2D eigenvalue weighted by molar-refractivity contribution is 0.0990. The number of rotatable bonds is 9. The highest BCUT2D eigenvalue weighted by Crippen LogP contribution is 2.16. The van der Waals surface area contributed by atoms with Crippen LogP contribution in [0.25, 0.3) is 0 Å². The summed E-state index contributed by atoms with van der Waals surface area (Å²) in [7, 11) is 0. The van der Waals surface area contributed by atoms with E-state index in [1.54, 1.807) is 6.20 Å². The third-order valence-corrected chi connectivity index (χ3v) is 4.43. The van der Waals surface area contributed by atoms with Crippen LogP contribution >= 0.6 is 0 Å². The van der Waals surface area contributed by atoms with Gasteiger partial charge < -0.3 is 5.11 Å². The van der Waals surface area contributed by atoms with Crippen molar-refractivity contribution >= 4 is 0 Å². The lowest BCUT2D eigenvalue weighted by atomic mass is 10.1. The minimum absolute atomic E-state index is 0.0876. The van der Waals surface area contributed by atoms with E-state index in [2.05, 4.69) is 58.5 Å². The van der Waals surface area contributed by atoms with Gasteiger partial charge in [-0.3, -0.25) is 9.58 Å². The summed E-state index contributed by atoms with van der Waals surface area (Å²) in [4.78, 5) is 2.36. The Balaban J connectivity index is 1.72. The van der Waals surface area contributed by atoms with Crippen molar-refractivity contribution in [2.45, 2.75) is 32.1 Å². The highest BCUT2D eigenvalue weighted by molar-refractivity contribution is 5.17. The first kappa shape index (κ1) is 17.4. The first-order valence-electron chi connectivity index (χ1n) is 8.75. The zero-order valence-corrected chi connectivity index (χ0v) is 14.4. The zero-order chi connectivity index (χ0) is 17.3. The van der Waals surface area contributed by atoms with E-state index in [-0.39, 0.29) is 12.6 Å². The standard InChI is InChI=1S/C21H25N3O/c25-18-21(12-15-24-14-7-13-22-24)23(16-19-8-3-1-4-9-19)17-20-10-5-2-6-11-20/h1-11,13-14,21,25H,12,15-18H2/t21-/m0/s1. The Labute approximate surface area is 149 Å². The molecular weight excluding hydrogens is 310 g/mol. The van der Waals surface area contributed by atoms with Crippen molar-refractivity contribution < 1.29 is 5.11 Å². The molecule has 0 bridgehead atoms. The van der Waals surface area contributed by atoms with Crippen molar-refractivity contribution in [3.8, 4) is 0 Å². The summed E-state index contributed by atoms with van der Waals surface area (Å²) < 4.78 is 1.92. The molecule has 0 unspecified atom stereocenters. The number of nitrogens with zero attached hydrogens (tertiary/aromatic N) is 3. The Hall–Kier alpha value is -2.43. The molecule has 0 radical (unpaired) electrons. The topological polar surface area (TPSA) is 41.3 Å². The van der Waals surface area contributed by atoms with Gasteiger partial charge in [-0.1, -0.05) is 60.7 Å². The van der Waals surface area contributed by atoms with E-state index in [9.17, 15) is 5.11 Å². The number of aliphatic hydroxyl groups excluding tert-OH is 1. The van der Waals surface area contributed by atoms with Crippen LogP contribution in [0.2, 0.25) is 0 Å².